The van der Waals surface area contributed by atoms with Gasteiger partial charge in [-0.1, -0.05) is 65.7 Å². The first-order chi connectivity index (χ1) is 13.4. The maximum atomic E-state index is 12.9. The van der Waals surface area contributed by atoms with Crippen LogP contribution >= 0.6 is 23.2 Å². The molecule has 3 aromatic rings. The highest BCUT2D eigenvalue weighted by atomic mass is 35.5. The molecule has 0 unspecified atom stereocenters. The van der Waals surface area contributed by atoms with E-state index in [1.807, 2.05) is 42.5 Å². The molecule has 0 atom stereocenters. The number of rotatable bonds is 5. The monoisotopic (exact) mass is 411 g/mol. The van der Waals surface area contributed by atoms with Gasteiger partial charge in [-0.2, -0.15) is 0 Å². The van der Waals surface area contributed by atoms with Crippen LogP contribution in [0.4, 0.5) is 0 Å². The molecule has 0 fully saturated rings. The second kappa shape index (κ2) is 9.00. The summed E-state index contributed by atoms with van der Waals surface area (Å²) in [6, 6.07) is 15.0. The molecular formula is C22H19Cl2N3O. The number of carbonyl (C=O) groups excluding carboxylic acids is 1. The van der Waals surface area contributed by atoms with E-state index in [4.69, 9.17) is 23.2 Å². The number of hydrogen-bond donors (Lipinski definition) is 1. The fourth-order valence-corrected chi connectivity index (χ4v) is 3.41. The Kier molecular flexibility index (Phi) is 6.45. The van der Waals surface area contributed by atoms with Crippen molar-refractivity contribution in [3.63, 3.8) is 0 Å². The van der Waals surface area contributed by atoms with Gasteiger partial charge >= 0.3 is 0 Å². The van der Waals surface area contributed by atoms with Crippen molar-refractivity contribution in [1.29, 1.82) is 0 Å². The standard InChI is InChI=1S/C22H19Cl2N3O/c1-14-20(22(28)25-10-6-9-16-7-4-3-5-8-16)21(27-15(2)26-14)17-11-18(23)13-19(24)12-17/h3-9,11-13H,10H2,1-2H3,(H,25,28). The van der Waals surface area contributed by atoms with E-state index in [2.05, 4.69) is 15.3 Å². The summed E-state index contributed by atoms with van der Waals surface area (Å²) in [4.78, 5) is 21.7. The van der Waals surface area contributed by atoms with Crippen LogP contribution < -0.4 is 5.32 Å². The Hall–Kier alpha value is -2.69. The maximum Gasteiger partial charge on any atom is 0.255 e. The van der Waals surface area contributed by atoms with Gasteiger partial charge in [0.05, 0.1) is 17.0 Å². The highest BCUT2D eigenvalue weighted by molar-refractivity contribution is 6.35. The molecule has 1 aromatic heterocycles. The quantitative estimate of drug-likeness (QED) is 0.601. The minimum absolute atomic E-state index is 0.249. The Morgan fingerprint density at radius 1 is 1.04 bits per heavy atom. The first-order valence-corrected chi connectivity index (χ1v) is 9.51. The lowest BCUT2D eigenvalue weighted by Gasteiger charge is -2.13. The van der Waals surface area contributed by atoms with E-state index in [0.29, 0.717) is 44.9 Å². The van der Waals surface area contributed by atoms with Gasteiger partial charge in [-0.05, 0) is 37.6 Å². The van der Waals surface area contributed by atoms with Crippen LogP contribution in [-0.2, 0) is 0 Å². The molecule has 0 aliphatic heterocycles. The molecule has 0 bridgehead atoms. The number of amides is 1. The number of aryl methyl sites for hydroxylation is 2. The molecule has 142 valence electrons. The van der Waals surface area contributed by atoms with Crippen molar-refractivity contribution in [1.82, 2.24) is 15.3 Å². The number of aromatic nitrogens is 2. The van der Waals surface area contributed by atoms with Gasteiger partial charge in [0, 0.05) is 22.2 Å². The zero-order valence-corrected chi connectivity index (χ0v) is 17.1. The van der Waals surface area contributed by atoms with Crippen LogP contribution in [0.25, 0.3) is 17.3 Å². The van der Waals surface area contributed by atoms with Crippen molar-refractivity contribution in [3.05, 3.63) is 87.3 Å². The van der Waals surface area contributed by atoms with Gasteiger partial charge in [0.2, 0.25) is 0 Å². The Morgan fingerprint density at radius 3 is 2.39 bits per heavy atom. The van der Waals surface area contributed by atoms with Crippen LogP contribution in [0.5, 0.6) is 0 Å². The molecule has 1 N–H and O–H groups in total. The van der Waals surface area contributed by atoms with Gasteiger partial charge in [0.15, 0.2) is 0 Å². The SMILES string of the molecule is Cc1nc(C)c(C(=O)NCC=Cc2ccccc2)c(-c2cc(Cl)cc(Cl)c2)n1. The summed E-state index contributed by atoms with van der Waals surface area (Å²) < 4.78 is 0. The van der Waals surface area contributed by atoms with Gasteiger partial charge in [-0.3, -0.25) is 4.79 Å². The number of halogens is 2. The summed E-state index contributed by atoms with van der Waals surface area (Å²) in [6.45, 7) is 3.96. The lowest BCUT2D eigenvalue weighted by atomic mass is 10.0. The predicted molar refractivity (Wildman–Crippen MR) is 115 cm³/mol. The van der Waals surface area contributed by atoms with Gasteiger partial charge < -0.3 is 5.32 Å². The zero-order chi connectivity index (χ0) is 20.1. The number of benzene rings is 2. The highest BCUT2D eigenvalue weighted by Gasteiger charge is 2.19. The Balaban J connectivity index is 1.86. The fourth-order valence-electron chi connectivity index (χ4n) is 2.88. The van der Waals surface area contributed by atoms with Crippen molar-refractivity contribution in [2.75, 3.05) is 6.54 Å². The smallest absolute Gasteiger partial charge is 0.255 e. The second-order valence-electron chi connectivity index (χ2n) is 6.26. The van der Waals surface area contributed by atoms with Crippen molar-refractivity contribution >= 4 is 35.2 Å². The molecule has 3 rings (SSSR count). The van der Waals surface area contributed by atoms with Gasteiger partial charge in [-0.15, -0.1) is 0 Å². The molecule has 0 saturated carbocycles. The normalized spacial score (nSPS) is 11.0. The zero-order valence-electron chi connectivity index (χ0n) is 15.5. The van der Waals surface area contributed by atoms with Crippen molar-refractivity contribution in [2.24, 2.45) is 0 Å². The topological polar surface area (TPSA) is 54.9 Å². The minimum atomic E-state index is -0.249. The molecule has 0 spiro atoms. The van der Waals surface area contributed by atoms with Crippen LogP contribution in [-0.4, -0.2) is 22.4 Å². The van der Waals surface area contributed by atoms with E-state index in [1.165, 1.54) is 0 Å². The fraction of sp³-hybridized carbons (Fsp3) is 0.136. The molecule has 0 saturated heterocycles. The number of carbonyl (C=O) groups is 1. The Bertz CT molecular complexity index is 1010. The summed E-state index contributed by atoms with van der Waals surface area (Å²) in [5, 5.41) is 3.86. The van der Waals surface area contributed by atoms with Crippen LogP contribution in [0, 0.1) is 13.8 Å². The van der Waals surface area contributed by atoms with Crippen LogP contribution in [0.2, 0.25) is 10.0 Å². The third kappa shape index (κ3) is 4.97. The number of nitrogens with one attached hydrogen (secondary N) is 1. The first-order valence-electron chi connectivity index (χ1n) is 8.75. The summed E-state index contributed by atoms with van der Waals surface area (Å²) in [7, 11) is 0. The molecule has 4 nitrogen and oxygen atoms in total. The molecular weight excluding hydrogens is 393 g/mol. The van der Waals surface area contributed by atoms with Crippen molar-refractivity contribution < 1.29 is 4.79 Å². The van der Waals surface area contributed by atoms with E-state index in [1.54, 1.807) is 32.0 Å². The molecule has 0 aliphatic carbocycles. The number of nitrogens with zero attached hydrogens (tertiary/aromatic N) is 2. The third-order valence-electron chi connectivity index (χ3n) is 4.06. The summed E-state index contributed by atoms with van der Waals surface area (Å²) in [5.74, 6) is 0.324. The molecule has 28 heavy (non-hydrogen) atoms. The van der Waals surface area contributed by atoms with Gasteiger partial charge in [0.25, 0.3) is 5.91 Å². The number of hydrogen-bond acceptors (Lipinski definition) is 3. The molecule has 1 heterocycles. The molecule has 0 radical (unpaired) electrons. The summed E-state index contributed by atoms with van der Waals surface area (Å²) in [5.41, 5.74) is 3.27. The van der Waals surface area contributed by atoms with Crippen LogP contribution in [0.3, 0.4) is 0 Å². The second-order valence-corrected chi connectivity index (χ2v) is 7.13. The lowest BCUT2D eigenvalue weighted by molar-refractivity contribution is 0.0957. The largest absolute Gasteiger partial charge is 0.348 e. The Morgan fingerprint density at radius 2 is 1.71 bits per heavy atom. The summed E-state index contributed by atoms with van der Waals surface area (Å²) >= 11 is 12.3. The van der Waals surface area contributed by atoms with Crippen molar-refractivity contribution in [2.45, 2.75) is 13.8 Å². The van der Waals surface area contributed by atoms with Crippen LogP contribution in [0.1, 0.15) is 27.4 Å². The average molecular weight is 412 g/mol. The molecule has 6 heteroatoms. The Labute approximate surface area is 174 Å². The molecule has 0 aliphatic rings. The first kappa shape index (κ1) is 20.1. The lowest BCUT2D eigenvalue weighted by Crippen LogP contribution is -2.26. The van der Waals surface area contributed by atoms with Crippen LogP contribution in [0.15, 0.2) is 54.6 Å². The average Bonchev–Trinajstić information content (AvgIpc) is 2.64. The highest BCUT2D eigenvalue weighted by Crippen LogP contribution is 2.29. The van der Waals surface area contributed by atoms with Gasteiger partial charge in [-0.25, -0.2) is 9.97 Å². The van der Waals surface area contributed by atoms with E-state index < -0.39 is 0 Å². The van der Waals surface area contributed by atoms with E-state index in [0.717, 1.165) is 5.56 Å². The third-order valence-corrected chi connectivity index (χ3v) is 4.49. The predicted octanol–water partition coefficient (Wildman–Crippen LogP) is 5.51. The van der Waals surface area contributed by atoms with E-state index in [9.17, 15) is 4.79 Å². The van der Waals surface area contributed by atoms with Gasteiger partial charge in [0.1, 0.15) is 5.82 Å². The molecule has 2 aromatic carbocycles. The van der Waals surface area contributed by atoms with E-state index >= 15 is 0 Å². The minimum Gasteiger partial charge on any atom is -0.348 e. The maximum absolute atomic E-state index is 12.9. The van der Waals surface area contributed by atoms with E-state index in [-0.39, 0.29) is 5.91 Å². The summed E-state index contributed by atoms with van der Waals surface area (Å²) in [6.07, 6.45) is 3.85. The van der Waals surface area contributed by atoms with Crippen molar-refractivity contribution in [3.8, 4) is 11.3 Å². The molecule has 1 amide bonds.